The summed E-state index contributed by atoms with van der Waals surface area (Å²) >= 11 is 0. The number of benzene rings is 1. The number of hydrogen-bond donors (Lipinski definition) is 3. The molecule has 90 valence electrons. The fourth-order valence-corrected chi connectivity index (χ4v) is 1.79. The molecule has 1 aromatic heterocycles. The van der Waals surface area contributed by atoms with Gasteiger partial charge in [0.2, 0.25) is 0 Å². The first-order valence-electron chi connectivity index (χ1n) is 5.81. The molecule has 2 rings (SSSR count). The van der Waals surface area contributed by atoms with E-state index < -0.39 is 0 Å². The van der Waals surface area contributed by atoms with E-state index in [1.165, 1.54) is 0 Å². The molecule has 0 fully saturated rings. The Bertz CT molecular complexity index is 499. The van der Waals surface area contributed by atoms with Crippen LogP contribution in [0.5, 0.6) is 0 Å². The number of nitrogens with one attached hydrogen (secondary N) is 1. The summed E-state index contributed by atoms with van der Waals surface area (Å²) in [6.45, 7) is 1.05. The molecule has 0 aliphatic heterocycles. The van der Waals surface area contributed by atoms with E-state index in [2.05, 4.69) is 10.3 Å². The van der Waals surface area contributed by atoms with Gasteiger partial charge in [0.25, 0.3) is 0 Å². The van der Waals surface area contributed by atoms with Crippen LogP contribution in [0.1, 0.15) is 12.8 Å². The molecule has 0 unspecified atom stereocenters. The first-order valence-corrected chi connectivity index (χ1v) is 5.81. The van der Waals surface area contributed by atoms with Gasteiger partial charge < -0.3 is 16.2 Å². The van der Waals surface area contributed by atoms with Crippen molar-refractivity contribution < 1.29 is 5.11 Å². The lowest BCUT2D eigenvalue weighted by atomic mass is 10.1. The van der Waals surface area contributed by atoms with Crippen molar-refractivity contribution in [2.75, 3.05) is 24.2 Å². The predicted molar refractivity (Wildman–Crippen MR) is 71.0 cm³/mol. The van der Waals surface area contributed by atoms with Crippen LogP contribution in [0.25, 0.3) is 10.9 Å². The quantitative estimate of drug-likeness (QED) is 0.543. The van der Waals surface area contributed by atoms with Gasteiger partial charge in [-0.1, -0.05) is 0 Å². The number of nitrogen functional groups attached to an aromatic ring is 1. The number of hydrogen-bond acceptors (Lipinski definition) is 4. The maximum atomic E-state index is 8.70. The number of pyridine rings is 1. The van der Waals surface area contributed by atoms with Crippen molar-refractivity contribution in [1.82, 2.24) is 4.98 Å². The maximum Gasteiger partial charge on any atom is 0.0724 e. The lowest BCUT2D eigenvalue weighted by molar-refractivity contribution is 0.286. The molecule has 0 saturated heterocycles. The molecular formula is C13H17N3O. The molecule has 4 heteroatoms. The highest BCUT2D eigenvalue weighted by Crippen LogP contribution is 2.27. The van der Waals surface area contributed by atoms with Crippen molar-refractivity contribution in [3.05, 3.63) is 30.5 Å². The molecule has 4 nitrogen and oxygen atoms in total. The smallest absolute Gasteiger partial charge is 0.0724 e. The molecule has 0 amide bonds. The van der Waals surface area contributed by atoms with Crippen molar-refractivity contribution in [2.24, 2.45) is 0 Å². The van der Waals surface area contributed by atoms with E-state index >= 15 is 0 Å². The number of nitrogens with two attached hydrogens (primary N) is 1. The van der Waals surface area contributed by atoms with Gasteiger partial charge in [-0.2, -0.15) is 0 Å². The Balaban J connectivity index is 2.15. The van der Waals surface area contributed by atoms with Crippen LogP contribution in [0.3, 0.4) is 0 Å². The summed E-state index contributed by atoms with van der Waals surface area (Å²) in [7, 11) is 0. The highest BCUT2D eigenvalue weighted by atomic mass is 16.2. The third-order valence-corrected chi connectivity index (χ3v) is 2.73. The van der Waals surface area contributed by atoms with Gasteiger partial charge in [-0.3, -0.25) is 4.98 Å². The maximum absolute atomic E-state index is 8.70. The van der Waals surface area contributed by atoms with Crippen LogP contribution in [0.15, 0.2) is 30.5 Å². The second kappa shape index (κ2) is 5.50. The van der Waals surface area contributed by atoms with Crippen molar-refractivity contribution >= 4 is 22.3 Å². The molecule has 2 aromatic rings. The Hall–Kier alpha value is -1.81. The van der Waals surface area contributed by atoms with Crippen LogP contribution < -0.4 is 11.1 Å². The molecule has 1 heterocycles. The lowest BCUT2D eigenvalue weighted by Crippen LogP contribution is -2.05. The molecular weight excluding hydrogens is 214 g/mol. The first-order chi connectivity index (χ1) is 8.33. The van der Waals surface area contributed by atoms with E-state index in [0.717, 1.165) is 41.7 Å². The van der Waals surface area contributed by atoms with Gasteiger partial charge >= 0.3 is 0 Å². The third-order valence-electron chi connectivity index (χ3n) is 2.73. The Labute approximate surface area is 100 Å². The minimum absolute atomic E-state index is 0.235. The predicted octanol–water partition coefficient (Wildman–Crippen LogP) is 2.00. The van der Waals surface area contributed by atoms with Gasteiger partial charge in [0.05, 0.1) is 16.9 Å². The Kier molecular flexibility index (Phi) is 3.77. The minimum Gasteiger partial charge on any atom is -0.397 e. The van der Waals surface area contributed by atoms with E-state index in [1.807, 2.05) is 24.3 Å². The summed E-state index contributed by atoms with van der Waals surface area (Å²) in [6.07, 6.45) is 3.50. The summed E-state index contributed by atoms with van der Waals surface area (Å²) in [5.74, 6) is 0. The summed E-state index contributed by atoms with van der Waals surface area (Å²) in [5, 5.41) is 12.9. The normalized spacial score (nSPS) is 10.6. The second-order valence-electron chi connectivity index (χ2n) is 3.95. The van der Waals surface area contributed by atoms with Crippen LogP contribution in [0.4, 0.5) is 11.4 Å². The second-order valence-corrected chi connectivity index (χ2v) is 3.95. The number of fused-ring (bicyclic) bond motifs is 1. The molecule has 0 aliphatic carbocycles. The number of nitrogens with zero attached hydrogens (tertiary/aromatic N) is 1. The van der Waals surface area contributed by atoms with Crippen LogP contribution in [-0.2, 0) is 0 Å². The molecule has 0 spiro atoms. The molecule has 0 bridgehead atoms. The number of rotatable bonds is 5. The summed E-state index contributed by atoms with van der Waals surface area (Å²) in [5.41, 5.74) is 8.66. The molecule has 0 radical (unpaired) electrons. The molecule has 0 saturated carbocycles. The largest absolute Gasteiger partial charge is 0.397 e. The van der Waals surface area contributed by atoms with Gasteiger partial charge in [0.15, 0.2) is 0 Å². The first kappa shape index (κ1) is 11.7. The average Bonchev–Trinajstić information content (AvgIpc) is 2.37. The highest BCUT2D eigenvalue weighted by molar-refractivity contribution is 5.96. The average molecular weight is 231 g/mol. The Morgan fingerprint density at radius 3 is 2.94 bits per heavy atom. The zero-order valence-electron chi connectivity index (χ0n) is 9.69. The van der Waals surface area contributed by atoms with Crippen molar-refractivity contribution in [1.29, 1.82) is 0 Å². The van der Waals surface area contributed by atoms with Crippen LogP contribution >= 0.6 is 0 Å². The van der Waals surface area contributed by atoms with Crippen LogP contribution in [0, 0.1) is 0 Å². The molecule has 0 aliphatic rings. The number of unbranched alkanes of at least 4 members (excludes halogenated alkanes) is 1. The van der Waals surface area contributed by atoms with Gasteiger partial charge in [-0.25, -0.2) is 0 Å². The molecule has 1 aromatic carbocycles. The van der Waals surface area contributed by atoms with E-state index in [0.29, 0.717) is 0 Å². The summed E-state index contributed by atoms with van der Waals surface area (Å²) in [4.78, 5) is 4.25. The monoisotopic (exact) mass is 231 g/mol. The van der Waals surface area contributed by atoms with Gasteiger partial charge in [0.1, 0.15) is 0 Å². The summed E-state index contributed by atoms with van der Waals surface area (Å²) in [6, 6.07) is 7.76. The fourth-order valence-electron chi connectivity index (χ4n) is 1.79. The zero-order chi connectivity index (χ0) is 12.1. The Morgan fingerprint density at radius 2 is 2.12 bits per heavy atom. The molecule has 4 N–H and O–H groups in total. The number of aliphatic hydroxyl groups excluding tert-OH is 1. The molecule has 17 heavy (non-hydrogen) atoms. The number of aliphatic hydroxyl groups is 1. The number of anilines is 2. The summed E-state index contributed by atoms with van der Waals surface area (Å²) < 4.78 is 0. The van der Waals surface area contributed by atoms with Gasteiger partial charge in [-0.05, 0) is 37.1 Å². The topological polar surface area (TPSA) is 71.2 Å². The van der Waals surface area contributed by atoms with Gasteiger partial charge in [-0.15, -0.1) is 0 Å². The highest BCUT2D eigenvalue weighted by Gasteiger charge is 2.03. The third kappa shape index (κ3) is 2.65. The SMILES string of the molecule is Nc1c(NCCCCO)ccc2ncccc12. The minimum atomic E-state index is 0.235. The molecule has 0 atom stereocenters. The van der Waals surface area contributed by atoms with Crippen LogP contribution in [-0.4, -0.2) is 23.2 Å². The zero-order valence-corrected chi connectivity index (χ0v) is 9.69. The van der Waals surface area contributed by atoms with Crippen molar-refractivity contribution in [3.63, 3.8) is 0 Å². The number of aromatic nitrogens is 1. The van der Waals surface area contributed by atoms with Crippen LogP contribution in [0.2, 0.25) is 0 Å². The van der Waals surface area contributed by atoms with E-state index in [9.17, 15) is 0 Å². The van der Waals surface area contributed by atoms with E-state index in [-0.39, 0.29) is 6.61 Å². The van der Waals surface area contributed by atoms with E-state index in [1.54, 1.807) is 6.20 Å². The Morgan fingerprint density at radius 1 is 1.24 bits per heavy atom. The standard InChI is InChI=1S/C13H17N3O/c14-13-10-4-3-8-15-11(10)5-6-12(13)16-7-1-2-9-17/h3-6,8,16-17H,1-2,7,9,14H2. The van der Waals surface area contributed by atoms with Crippen molar-refractivity contribution in [2.45, 2.75) is 12.8 Å². The van der Waals surface area contributed by atoms with Crippen molar-refractivity contribution in [3.8, 4) is 0 Å². The van der Waals surface area contributed by atoms with E-state index in [4.69, 9.17) is 10.8 Å². The fraction of sp³-hybridized carbons (Fsp3) is 0.308. The van der Waals surface area contributed by atoms with Gasteiger partial charge in [0, 0.05) is 24.7 Å². The lowest BCUT2D eigenvalue weighted by Gasteiger charge is -2.10.